The second kappa shape index (κ2) is 11.4. The van der Waals surface area contributed by atoms with Crippen LogP contribution in [0.3, 0.4) is 0 Å². The van der Waals surface area contributed by atoms with Crippen LogP contribution in [0.4, 0.5) is 11.5 Å². The number of carbonyl (C=O) groups excluding carboxylic acids is 1. The Balaban J connectivity index is 1.95. The Bertz CT molecular complexity index is 1050. The Labute approximate surface area is 189 Å². The van der Waals surface area contributed by atoms with Gasteiger partial charge in [0.25, 0.3) is 0 Å². The molecule has 0 spiro atoms. The summed E-state index contributed by atoms with van der Waals surface area (Å²) in [5.74, 6) is 2.63. The van der Waals surface area contributed by atoms with Crippen LogP contribution in [0.25, 0.3) is 10.9 Å². The van der Waals surface area contributed by atoms with E-state index in [-0.39, 0.29) is 12.2 Å². The third-order valence-corrected chi connectivity index (χ3v) is 5.18. The molecule has 0 aliphatic heterocycles. The normalized spacial score (nSPS) is 10.9. The fourth-order valence-electron chi connectivity index (χ4n) is 3.53. The number of methoxy groups -OCH3 is 1. The zero-order valence-corrected chi connectivity index (χ0v) is 19.0. The van der Waals surface area contributed by atoms with Gasteiger partial charge < -0.3 is 19.5 Å². The van der Waals surface area contributed by atoms with Crippen molar-refractivity contribution < 1.29 is 19.4 Å². The molecule has 7 heteroatoms. The number of hydrogen-bond donors (Lipinski definition) is 1. The monoisotopic (exact) mass is 437 g/mol. The van der Waals surface area contributed by atoms with Gasteiger partial charge in [-0.05, 0) is 44.0 Å². The largest absolute Gasteiger partial charge is 0.493 e. The first-order chi connectivity index (χ1) is 15.6. The highest BCUT2D eigenvalue weighted by atomic mass is 16.5. The Morgan fingerprint density at radius 1 is 1.09 bits per heavy atom. The third-order valence-electron chi connectivity index (χ3n) is 5.18. The van der Waals surface area contributed by atoms with E-state index in [1.807, 2.05) is 49.4 Å². The summed E-state index contributed by atoms with van der Waals surface area (Å²) < 4.78 is 11.4. The average Bonchev–Trinajstić information content (AvgIpc) is 2.81. The van der Waals surface area contributed by atoms with Gasteiger partial charge in [0.05, 0.1) is 19.2 Å². The summed E-state index contributed by atoms with van der Waals surface area (Å²) in [5, 5.41) is 9.87. The Kier molecular flexibility index (Phi) is 8.39. The van der Waals surface area contributed by atoms with Crippen LogP contribution < -0.4 is 14.4 Å². The summed E-state index contributed by atoms with van der Waals surface area (Å²) >= 11 is 0. The highest BCUT2D eigenvalue weighted by molar-refractivity contribution is 5.91. The molecule has 3 aromatic rings. The van der Waals surface area contributed by atoms with Gasteiger partial charge in [-0.25, -0.2) is 9.97 Å². The van der Waals surface area contributed by atoms with E-state index in [0.717, 1.165) is 47.6 Å². The van der Waals surface area contributed by atoms with Crippen molar-refractivity contribution in [3.05, 3.63) is 48.3 Å². The van der Waals surface area contributed by atoms with E-state index < -0.39 is 6.61 Å². The molecule has 32 heavy (non-hydrogen) atoms. The van der Waals surface area contributed by atoms with E-state index in [4.69, 9.17) is 19.6 Å². The lowest BCUT2D eigenvalue weighted by Crippen LogP contribution is -2.20. The SMILES string of the molecule is CCCCN(c1ccc(OC)c(OCCCC(=O)CO)c1)c1nc(C)nc2ccccc12. The van der Waals surface area contributed by atoms with E-state index in [1.54, 1.807) is 7.11 Å². The maximum atomic E-state index is 11.3. The molecule has 0 fully saturated rings. The van der Waals surface area contributed by atoms with Crippen molar-refractivity contribution >= 4 is 28.2 Å². The van der Waals surface area contributed by atoms with E-state index in [2.05, 4.69) is 16.8 Å². The zero-order valence-electron chi connectivity index (χ0n) is 19.0. The lowest BCUT2D eigenvalue weighted by atomic mass is 10.1. The van der Waals surface area contributed by atoms with Crippen LogP contribution in [0, 0.1) is 6.92 Å². The van der Waals surface area contributed by atoms with Crippen molar-refractivity contribution in [3.8, 4) is 11.5 Å². The third kappa shape index (κ3) is 5.73. The second-order valence-corrected chi connectivity index (χ2v) is 7.60. The number of para-hydroxylation sites is 1. The number of benzene rings is 2. The zero-order chi connectivity index (χ0) is 22.9. The quantitative estimate of drug-likeness (QED) is 0.414. The first kappa shape index (κ1) is 23.5. The molecule has 1 aromatic heterocycles. The van der Waals surface area contributed by atoms with Crippen molar-refractivity contribution in [1.82, 2.24) is 9.97 Å². The van der Waals surface area contributed by atoms with Crippen molar-refractivity contribution in [1.29, 1.82) is 0 Å². The van der Waals surface area contributed by atoms with Crippen LogP contribution in [0.2, 0.25) is 0 Å². The van der Waals surface area contributed by atoms with Gasteiger partial charge in [0.1, 0.15) is 18.2 Å². The van der Waals surface area contributed by atoms with E-state index in [9.17, 15) is 4.79 Å². The minimum Gasteiger partial charge on any atom is -0.493 e. The summed E-state index contributed by atoms with van der Waals surface area (Å²) in [5.41, 5.74) is 1.86. The number of nitrogens with zero attached hydrogens (tertiary/aromatic N) is 3. The van der Waals surface area contributed by atoms with E-state index >= 15 is 0 Å². The number of fused-ring (bicyclic) bond motifs is 1. The maximum absolute atomic E-state index is 11.3. The molecule has 1 heterocycles. The van der Waals surface area contributed by atoms with Crippen LogP contribution in [0.15, 0.2) is 42.5 Å². The van der Waals surface area contributed by atoms with E-state index in [1.165, 1.54) is 0 Å². The number of ketones is 1. The lowest BCUT2D eigenvalue weighted by molar-refractivity contribution is -0.121. The molecule has 1 N–H and O–H groups in total. The summed E-state index contributed by atoms with van der Waals surface area (Å²) in [7, 11) is 1.60. The summed E-state index contributed by atoms with van der Waals surface area (Å²) in [6.07, 6.45) is 2.87. The number of aromatic nitrogens is 2. The molecule has 3 rings (SSSR count). The minimum atomic E-state index is -0.433. The number of carbonyl (C=O) groups is 1. The van der Waals surface area contributed by atoms with Crippen LogP contribution in [0.5, 0.6) is 11.5 Å². The Morgan fingerprint density at radius 2 is 1.91 bits per heavy atom. The molecule has 0 unspecified atom stereocenters. The number of rotatable bonds is 12. The minimum absolute atomic E-state index is 0.189. The second-order valence-electron chi connectivity index (χ2n) is 7.60. The number of Topliss-reactive ketones (excluding diaryl/α,β-unsaturated/α-hetero) is 1. The van der Waals surface area contributed by atoms with Crippen molar-refractivity contribution in [2.75, 3.05) is 31.8 Å². The predicted octanol–water partition coefficient (Wildman–Crippen LogP) is 4.61. The molecular formula is C25H31N3O4. The topological polar surface area (TPSA) is 84.8 Å². The molecule has 0 aliphatic rings. The number of aryl methyl sites for hydroxylation is 1. The average molecular weight is 438 g/mol. The molecule has 0 radical (unpaired) electrons. The number of aliphatic hydroxyl groups excluding tert-OH is 1. The van der Waals surface area contributed by atoms with Gasteiger partial charge in [-0.1, -0.05) is 25.5 Å². The number of anilines is 2. The Hall–Kier alpha value is -3.19. The molecule has 170 valence electrons. The number of unbranched alkanes of at least 4 members (excludes halogenated alkanes) is 1. The smallest absolute Gasteiger partial charge is 0.163 e. The van der Waals surface area contributed by atoms with E-state index in [0.29, 0.717) is 24.5 Å². The standard InChI is InChI=1S/C25H31N3O4/c1-4-5-14-28(25-21-10-6-7-11-22(21)26-18(2)27-25)19-12-13-23(31-3)24(16-19)32-15-8-9-20(30)17-29/h6-7,10-13,16,29H,4-5,8-9,14-15,17H2,1-3H3. The number of aliphatic hydroxyl groups is 1. The number of ether oxygens (including phenoxy) is 2. The van der Waals surface area contributed by atoms with Crippen LogP contribution >= 0.6 is 0 Å². The van der Waals surface area contributed by atoms with Crippen LogP contribution in [-0.4, -0.2) is 47.7 Å². The molecule has 0 amide bonds. The predicted molar refractivity (Wildman–Crippen MR) is 126 cm³/mol. The van der Waals surface area contributed by atoms with Gasteiger partial charge in [-0.3, -0.25) is 4.79 Å². The molecule has 0 bridgehead atoms. The van der Waals surface area contributed by atoms with Gasteiger partial charge >= 0.3 is 0 Å². The maximum Gasteiger partial charge on any atom is 0.163 e. The number of hydrogen-bond acceptors (Lipinski definition) is 7. The van der Waals surface area contributed by atoms with Gasteiger partial charge in [-0.2, -0.15) is 0 Å². The fraction of sp³-hybridized carbons (Fsp3) is 0.400. The fourth-order valence-corrected chi connectivity index (χ4v) is 3.53. The molecule has 0 atom stereocenters. The lowest BCUT2D eigenvalue weighted by Gasteiger charge is -2.26. The van der Waals surface area contributed by atoms with Crippen molar-refractivity contribution in [3.63, 3.8) is 0 Å². The van der Waals surface area contributed by atoms with Crippen LogP contribution in [-0.2, 0) is 4.79 Å². The molecule has 0 aliphatic carbocycles. The highest BCUT2D eigenvalue weighted by Gasteiger charge is 2.17. The highest BCUT2D eigenvalue weighted by Crippen LogP contribution is 2.36. The van der Waals surface area contributed by atoms with Gasteiger partial charge in [0.2, 0.25) is 0 Å². The Morgan fingerprint density at radius 3 is 2.66 bits per heavy atom. The summed E-state index contributed by atoms with van der Waals surface area (Å²) in [6.45, 7) is 4.79. The molecule has 0 saturated heterocycles. The van der Waals surface area contributed by atoms with Crippen molar-refractivity contribution in [2.24, 2.45) is 0 Å². The first-order valence-electron chi connectivity index (χ1n) is 11.0. The molecule has 0 saturated carbocycles. The summed E-state index contributed by atoms with van der Waals surface area (Å²) in [4.78, 5) is 22.9. The first-order valence-corrected chi connectivity index (χ1v) is 11.0. The van der Waals surface area contributed by atoms with Gasteiger partial charge in [0, 0.05) is 30.1 Å². The molecular weight excluding hydrogens is 406 g/mol. The van der Waals surface area contributed by atoms with Crippen molar-refractivity contribution in [2.45, 2.75) is 39.5 Å². The van der Waals surface area contributed by atoms with Gasteiger partial charge in [0.15, 0.2) is 17.3 Å². The molecule has 7 nitrogen and oxygen atoms in total. The van der Waals surface area contributed by atoms with Crippen LogP contribution in [0.1, 0.15) is 38.4 Å². The van der Waals surface area contributed by atoms with Gasteiger partial charge in [-0.15, -0.1) is 0 Å². The molecule has 2 aromatic carbocycles. The summed E-state index contributed by atoms with van der Waals surface area (Å²) in [6, 6.07) is 13.9.